The molecule has 8 nitrogen and oxygen atoms in total. The first-order valence-corrected chi connectivity index (χ1v) is 11.4. The minimum atomic E-state index is -3.96. The number of benzene rings is 3. The smallest absolute Gasteiger partial charge is 0.276 e. The van der Waals surface area contributed by atoms with Crippen LogP contribution in [-0.4, -0.2) is 21.4 Å². The molecule has 1 heterocycles. The van der Waals surface area contributed by atoms with E-state index in [4.69, 9.17) is 9.15 Å². The normalized spacial score (nSPS) is 11.9. The average Bonchev–Trinajstić information content (AvgIpc) is 2.82. The van der Waals surface area contributed by atoms with Crippen LogP contribution in [0.15, 0.2) is 93.3 Å². The molecule has 0 aliphatic carbocycles. The summed E-state index contributed by atoms with van der Waals surface area (Å²) in [6.07, 6.45) is 0. The van der Waals surface area contributed by atoms with Gasteiger partial charge in [-0.1, -0.05) is 42.0 Å². The molecular formula is C24H21N3O5S. The van der Waals surface area contributed by atoms with Crippen LogP contribution >= 0.6 is 0 Å². The van der Waals surface area contributed by atoms with Crippen LogP contribution in [0, 0.1) is 6.92 Å². The summed E-state index contributed by atoms with van der Waals surface area (Å²) < 4.78 is 36.3. The topological polar surface area (TPSA) is 110 Å². The number of rotatable bonds is 6. The van der Waals surface area contributed by atoms with E-state index in [9.17, 15) is 13.2 Å². The second kappa shape index (κ2) is 9.17. The van der Waals surface area contributed by atoms with Gasteiger partial charge in [0.25, 0.3) is 15.9 Å². The number of methoxy groups -OCH3 is 1. The summed E-state index contributed by atoms with van der Waals surface area (Å²) in [5.74, 6) is 0.0535. The number of sulfonamides is 1. The van der Waals surface area contributed by atoms with Gasteiger partial charge in [-0.2, -0.15) is 13.2 Å². The number of hydrogen-bond acceptors (Lipinski definition) is 6. The fourth-order valence-corrected chi connectivity index (χ4v) is 3.89. The monoisotopic (exact) mass is 463 g/mol. The third-order valence-corrected chi connectivity index (χ3v) is 6.05. The van der Waals surface area contributed by atoms with Crippen LogP contribution in [-0.2, 0) is 10.0 Å². The number of nitrogens with zero attached hydrogens (tertiary/aromatic N) is 1. The van der Waals surface area contributed by atoms with E-state index in [0.29, 0.717) is 22.4 Å². The molecule has 0 spiro atoms. The Morgan fingerprint density at radius 2 is 1.73 bits per heavy atom. The number of amides is 1. The Hall–Kier alpha value is -4.11. The molecule has 4 rings (SSSR count). The van der Waals surface area contributed by atoms with Crippen molar-refractivity contribution in [1.82, 2.24) is 4.83 Å². The second-order valence-corrected chi connectivity index (χ2v) is 8.87. The van der Waals surface area contributed by atoms with Gasteiger partial charge in [0.1, 0.15) is 16.9 Å². The summed E-state index contributed by atoms with van der Waals surface area (Å²) in [6, 6.07) is 21.8. The highest BCUT2D eigenvalue weighted by molar-refractivity contribution is 7.89. The fourth-order valence-electron chi connectivity index (χ4n) is 3.09. The predicted molar refractivity (Wildman–Crippen MR) is 124 cm³/mol. The molecule has 0 saturated heterocycles. The molecule has 3 aromatic carbocycles. The third kappa shape index (κ3) is 5.04. The standard InChI is InChI=1S/C24H21N3O5S/c1-16-10-12-20(13-11-16)33(29,30)27-26-24-21(14-17-6-3-4-9-22(17)32-24)23(28)25-18-7-5-8-19(15-18)31-2/h3-15,27H,1-2H3,(H,25,28)/b26-24-. The highest BCUT2D eigenvalue weighted by atomic mass is 32.2. The van der Waals surface area contributed by atoms with Gasteiger partial charge in [-0.25, -0.2) is 0 Å². The summed E-state index contributed by atoms with van der Waals surface area (Å²) in [6.45, 7) is 1.86. The maximum absolute atomic E-state index is 13.1. The van der Waals surface area contributed by atoms with E-state index in [2.05, 4.69) is 15.2 Å². The minimum absolute atomic E-state index is 0.0417. The van der Waals surface area contributed by atoms with Crippen molar-refractivity contribution in [3.63, 3.8) is 0 Å². The number of anilines is 1. The van der Waals surface area contributed by atoms with E-state index in [1.54, 1.807) is 66.7 Å². The molecule has 0 aliphatic rings. The van der Waals surface area contributed by atoms with Gasteiger partial charge in [0.15, 0.2) is 0 Å². The molecule has 33 heavy (non-hydrogen) atoms. The van der Waals surface area contributed by atoms with Crippen molar-refractivity contribution in [1.29, 1.82) is 0 Å². The predicted octanol–water partition coefficient (Wildman–Crippen LogP) is 3.80. The fraction of sp³-hybridized carbons (Fsp3) is 0.0833. The molecule has 1 aromatic heterocycles. The molecule has 0 aliphatic heterocycles. The van der Waals surface area contributed by atoms with Crippen LogP contribution < -0.4 is 20.4 Å². The van der Waals surface area contributed by atoms with Gasteiger partial charge in [0.2, 0.25) is 5.55 Å². The molecule has 2 N–H and O–H groups in total. The quantitative estimate of drug-likeness (QED) is 0.423. The third-order valence-electron chi connectivity index (χ3n) is 4.83. The molecule has 0 saturated carbocycles. The van der Waals surface area contributed by atoms with Crippen molar-refractivity contribution in [2.75, 3.05) is 12.4 Å². The number of para-hydroxylation sites is 1. The molecule has 0 fully saturated rings. The van der Waals surface area contributed by atoms with Crippen LogP contribution in [0.3, 0.4) is 0 Å². The lowest BCUT2D eigenvalue weighted by Gasteiger charge is -2.09. The summed E-state index contributed by atoms with van der Waals surface area (Å²) in [7, 11) is -2.44. The van der Waals surface area contributed by atoms with E-state index in [-0.39, 0.29) is 16.0 Å². The highest BCUT2D eigenvalue weighted by Crippen LogP contribution is 2.18. The Morgan fingerprint density at radius 3 is 2.48 bits per heavy atom. The number of hydrogen-bond donors (Lipinski definition) is 2. The van der Waals surface area contributed by atoms with Crippen molar-refractivity contribution in [3.8, 4) is 5.75 Å². The van der Waals surface area contributed by atoms with Gasteiger partial charge >= 0.3 is 0 Å². The molecule has 0 bridgehead atoms. The number of aryl methyl sites for hydroxylation is 1. The number of nitrogens with one attached hydrogen (secondary N) is 2. The van der Waals surface area contributed by atoms with Gasteiger partial charge in [-0.3, -0.25) is 4.79 Å². The summed E-state index contributed by atoms with van der Waals surface area (Å²) >= 11 is 0. The Morgan fingerprint density at radius 1 is 0.970 bits per heavy atom. The molecular weight excluding hydrogens is 442 g/mol. The second-order valence-electron chi connectivity index (χ2n) is 7.21. The molecule has 168 valence electrons. The van der Waals surface area contributed by atoms with Crippen molar-refractivity contribution >= 4 is 32.6 Å². The van der Waals surface area contributed by atoms with E-state index in [0.717, 1.165) is 5.56 Å². The molecule has 9 heteroatoms. The van der Waals surface area contributed by atoms with Crippen LogP contribution in [0.1, 0.15) is 15.9 Å². The lowest BCUT2D eigenvalue weighted by atomic mass is 10.1. The first-order chi connectivity index (χ1) is 15.9. The molecule has 1 amide bonds. The van der Waals surface area contributed by atoms with Crippen LogP contribution in [0.25, 0.3) is 11.0 Å². The number of carbonyl (C=O) groups excluding carboxylic acids is 1. The highest BCUT2D eigenvalue weighted by Gasteiger charge is 2.16. The van der Waals surface area contributed by atoms with Gasteiger partial charge < -0.3 is 14.5 Å². The first kappa shape index (κ1) is 22.1. The minimum Gasteiger partial charge on any atom is -0.497 e. The van der Waals surface area contributed by atoms with Crippen LogP contribution in [0.4, 0.5) is 5.69 Å². The van der Waals surface area contributed by atoms with E-state index in [1.165, 1.54) is 19.2 Å². The average molecular weight is 464 g/mol. The molecule has 0 unspecified atom stereocenters. The maximum atomic E-state index is 13.1. The van der Waals surface area contributed by atoms with Gasteiger partial charge in [-0.15, -0.1) is 5.10 Å². The van der Waals surface area contributed by atoms with Crippen molar-refractivity contribution < 1.29 is 22.4 Å². The van der Waals surface area contributed by atoms with E-state index in [1.807, 2.05) is 6.92 Å². The zero-order valence-corrected chi connectivity index (χ0v) is 18.7. The zero-order valence-electron chi connectivity index (χ0n) is 17.9. The van der Waals surface area contributed by atoms with Gasteiger partial charge in [0.05, 0.1) is 12.0 Å². The first-order valence-electron chi connectivity index (χ1n) is 9.96. The molecule has 4 aromatic rings. The SMILES string of the molecule is COc1cccc(NC(=O)c2cc3ccccc3o/c2=N\NS(=O)(=O)c2ccc(C)cc2)c1. The zero-order chi connectivity index (χ0) is 23.4. The van der Waals surface area contributed by atoms with E-state index >= 15 is 0 Å². The summed E-state index contributed by atoms with van der Waals surface area (Å²) in [4.78, 5) is 15.3. The Labute approximate surface area is 190 Å². The number of ether oxygens (including phenoxy) is 1. The lowest BCUT2D eigenvalue weighted by molar-refractivity contribution is 0.102. The Bertz CT molecular complexity index is 1490. The van der Waals surface area contributed by atoms with Gasteiger partial charge in [-0.05, 0) is 43.3 Å². The molecule has 0 radical (unpaired) electrons. The van der Waals surface area contributed by atoms with Gasteiger partial charge in [0, 0.05) is 17.1 Å². The lowest BCUT2D eigenvalue weighted by Crippen LogP contribution is -2.27. The van der Waals surface area contributed by atoms with Crippen molar-refractivity contribution in [2.24, 2.45) is 5.10 Å². The van der Waals surface area contributed by atoms with Crippen LogP contribution in [0.2, 0.25) is 0 Å². The largest absolute Gasteiger partial charge is 0.497 e. The van der Waals surface area contributed by atoms with E-state index < -0.39 is 15.9 Å². The Kier molecular flexibility index (Phi) is 6.14. The van der Waals surface area contributed by atoms with Crippen molar-refractivity contribution in [3.05, 3.63) is 95.5 Å². The summed E-state index contributed by atoms with van der Waals surface area (Å²) in [5, 5.41) is 7.35. The van der Waals surface area contributed by atoms with Crippen molar-refractivity contribution in [2.45, 2.75) is 11.8 Å². The number of carbonyl (C=O) groups is 1. The maximum Gasteiger partial charge on any atom is 0.276 e. The Balaban J connectivity index is 1.74. The van der Waals surface area contributed by atoms with Crippen LogP contribution in [0.5, 0.6) is 5.75 Å². The molecule has 0 atom stereocenters. The number of fused-ring (bicyclic) bond motifs is 1. The summed E-state index contributed by atoms with van der Waals surface area (Å²) in [5.41, 5.74) is 1.75.